The molecular weight excluding hydrogens is 248 g/mol. The number of nitrogens with one attached hydrogen (secondary N) is 1. The molecule has 0 spiro atoms. The molecular formula is C17H26N2O. The maximum atomic E-state index is 12.5. The van der Waals surface area contributed by atoms with E-state index >= 15 is 0 Å². The second-order valence-electron chi connectivity index (χ2n) is 6.78. The first-order valence-corrected chi connectivity index (χ1v) is 7.54. The van der Waals surface area contributed by atoms with Gasteiger partial charge in [-0.15, -0.1) is 0 Å². The normalized spacial score (nSPS) is 23.4. The van der Waals surface area contributed by atoms with Crippen LogP contribution in [0.5, 0.6) is 0 Å². The molecule has 3 nitrogen and oxygen atoms in total. The first kappa shape index (κ1) is 15.0. The van der Waals surface area contributed by atoms with Crippen LogP contribution in [0.1, 0.15) is 52.3 Å². The van der Waals surface area contributed by atoms with Crippen LogP contribution in [0.3, 0.4) is 0 Å². The van der Waals surface area contributed by atoms with Crippen molar-refractivity contribution in [2.75, 3.05) is 6.54 Å². The van der Waals surface area contributed by atoms with Gasteiger partial charge >= 0.3 is 0 Å². The predicted molar refractivity (Wildman–Crippen MR) is 82.2 cm³/mol. The predicted octanol–water partition coefficient (Wildman–Crippen LogP) is 3.33. The highest BCUT2D eigenvalue weighted by atomic mass is 16.2. The molecule has 1 aromatic rings. The molecule has 1 N–H and O–H groups in total. The Morgan fingerprint density at radius 3 is 2.40 bits per heavy atom. The second-order valence-corrected chi connectivity index (χ2v) is 6.78. The number of carbonyl (C=O) groups excluding carboxylic acids is 1. The molecule has 0 radical (unpaired) electrons. The first-order valence-electron chi connectivity index (χ1n) is 7.54. The van der Waals surface area contributed by atoms with E-state index in [0.29, 0.717) is 0 Å². The summed E-state index contributed by atoms with van der Waals surface area (Å²) >= 11 is 0. The molecule has 1 aliphatic heterocycles. The lowest BCUT2D eigenvalue weighted by Crippen LogP contribution is -2.33. The van der Waals surface area contributed by atoms with E-state index in [1.165, 1.54) is 5.56 Å². The molecule has 2 unspecified atom stereocenters. The van der Waals surface area contributed by atoms with E-state index in [4.69, 9.17) is 0 Å². The topological polar surface area (TPSA) is 32.3 Å². The van der Waals surface area contributed by atoms with Crippen molar-refractivity contribution in [3.05, 3.63) is 35.9 Å². The number of hydrogen-bond acceptors (Lipinski definition) is 2. The minimum absolute atomic E-state index is 0.0241. The molecule has 0 bridgehead atoms. The van der Waals surface area contributed by atoms with Crippen molar-refractivity contribution in [2.45, 2.75) is 52.7 Å². The van der Waals surface area contributed by atoms with Gasteiger partial charge in [-0.1, -0.05) is 58.0 Å². The number of carbonyl (C=O) groups is 1. The minimum Gasteiger partial charge on any atom is -0.322 e. The molecule has 1 fully saturated rings. The Balaban J connectivity index is 2.17. The van der Waals surface area contributed by atoms with Gasteiger partial charge in [0, 0.05) is 6.54 Å². The lowest BCUT2D eigenvalue weighted by atomic mass is 9.92. The van der Waals surface area contributed by atoms with Crippen LogP contribution in [-0.4, -0.2) is 23.4 Å². The molecule has 1 aromatic carbocycles. The van der Waals surface area contributed by atoms with Gasteiger partial charge in [-0.3, -0.25) is 10.1 Å². The van der Waals surface area contributed by atoms with Crippen LogP contribution >= 0.6 is 0 Å². The number of benzene rings is 1. The summed E-state index contributed by atoms with van der Waals surface area (Å²) in [6.07, 6.45) is 1.88. The van der Waals surface area contributed by atoms with Gasteiger partial charge in [0.05, 0.1) is 6.04 Å². The van der Waals surface area contributed by atoms with Crippen LogP contribution in [0, 0.1) is 5.41 Å². The molecule has 20 heavy (non-hydrogen) atoms. The Kier molecular flexibility index (Phi) is 4.48. The summed E-state index contributed by atoms with van der Waals surface area (Å²) < 4.78 is 0. The largest absolute Gasteiger partial charge is 0.322 e. The molecule has 1 heterocycles. The quantitative estimate of drug-likeness (QED) is 0.913. The van der Waals surface area contributed by atoms with Gasteiger partial charge in [-0.25, -0.2) is 0 Å². The molecule has 0 saturated carbocycles. The Bertz CT molecular complexity index is 450. The summed E-state index contributed by atoms with van der Waals surface area (Å²) in [5.41, 5.74) is 1.41. The van der Waals surface area contributed by atoms with Crippen LogP contribution in [-0.2, 0) is 4.79 Å². The van der Waals surface area contributed by atoms with Gasteiger partial charge in [-0.05, 0) is 23.8 Å². The van der Waals surface area contributed by atoms with E-state index in [-0.39, 0.29) is 23.5 Å². The van der Waals surface area contributed by atoms with Crippen LogP contribution in [0.25, 0.3) is 0 Å². The standard InChI is InChI=1S/C17H26N2O/c1-5-14-16(20)19(12-11-17(2,3)4)15(18-14)13-9-7-6-8-10-13/h6-10,14-15,18H,5,11-12H2,1-4H3. The van der Waals surface area contributed by atoms with Crippen molar-refractivity contribution in [3.63, 3.8) is 0 Å². The SMILES string of the molecule is CCC1NC(c2ccccc2)N(CCC(C)(C)C)C1=O. The second kappa shape index (κ2) is 5.96. The third-order valence-electron chi connectivity index (χ3n) is 3.88. The highest BCUT2D eigenvalue weighted by molar-refractivity contribution is 5.84. The zero-order valence-corrected chi connectivity index (χ0v) is 13.0. The lowest BCUT2D eigenvalue weighted by Gasteiger charge is -2.28. The van der Waals surface area contributed by atoms with E-state index < -0.39 is 0 Å². The van der Waals surface area contributed by atoms with E-state index in [2.05, 4.69) is 45.1 Å². The maximum Gasteiger partial charge on any atom is 0.241 e. The van der Waals surface area contributed by atoms with Crippen LogP contribution in [0.15, 0.2) is 30.3 Å². The molecule has 3 heteroatoms. The Morgan fingerprint density at radius 1 is 1.20 bits per heavy atom. The average molecular weight is 274 g/mol. The first-order chi connectivity index (χ1) is 9.42. The van der Waals surface area contributed by atoms with Crippen molar-refractivity contribution >= 4 is 5.91 Å². The summed E-state index contributed by atoms with van der Waals surface area (Å²) in [5, 5.41) is 3.47. The van der Waals surface area contributed by atoms with Crippen molar-refractivity contribution in [1.82, 2.24) is 10.2 Å². The third kappa shape index (κ3) is 3.40. The fourth-order valence-electron chi connectivity index (χ4n) is 2.58. The van der Waals surface area contributed by atoms with E-state index in [0.717, 1.165) is 19.4 Å². The van der Waals surface area contributed by atoms with E-state index in [9.17, 15) is 4.79 Å². The average Bonchev–Trinajstić information content (AvgIpc) is 2.73. The van der Waals surface area contributed by atoms with Gasteiger partial charge < -0.3 is 4.90 Å². The summed E-state index contributed by atoms with van der Waals surface area (Å²) in [6.45, 7) is 9.53. The van der Waals surface area contributed by atoms with Crippen molar-refractivity contribution < 1.29 is 4.79 Å². The number of nitrogens with zero attached hydrogens (tertiary/aromatic N) is 1. The van der Waals surface area contributed by atoms with Gasteiger partial charge in [0.25, 0.3) is 0 Å². The monoisotopic (exact) mass is 274 g/mol. The summed E-state index contributed by atoms with van der Waals surface area (Å²) in [7, 11) is 0. The maximum absolute atomic E-state index is 12.5. The smallest absolute Gasteiger partial charge is 0.241 e. The molecule has 2 atom stereocenters. The van der Waals surface area contributed by atoms with Gasteiger partial charge in [0.1, 0.15) is 6.17 Å². The Morgan fingerprint density at radius 2 is 1.85 bits per heavy atom. The zero-order valence-electron chi connectivity index (χ0n) is 13.0. The van der Waals surface area contributed by atoms with Gasteiger partial charge in [-0.2, -0.15) is 0 Å². The van der Waals surface area contributed by atoms with E-state index in [1.807, 2.05) is 23.1 Å². The summed E-state index contributed by atoms with van der Waals surface area (Å²) in [6, 6.07) is 10.2. The fraction of sp³-hybridized carbons (Fsp3) is 0.588. The molecule has 110 valence electrons. The van der Waals surface area contributed by atoms with Gasteiger partial charge in [0.15, 0.2) is 0 Å². The molecule has 1 saturated heterocycles. The highest BCUT2D eigenvalue weighted by Crippen LogP contribution is 2.29. The molecule has 1 aliphatic rings. The van der Waals surface area contributed by atoms with Crippen LogP contribution in [0.2, 0.25) is 0 Å². The van der Waals surface area contributed by atoms with Crippen LogP contribution < -0.4 is 5.32 Å². The molecule has 0 aromatic heterocycles. The Hall–Kier alpha value is -1.35. The van der Waals surface area contributed by atoms with Gasteiger partial charge in [0.2, 0.25) is 5.91 Å². The summed E-state index contributed by atoms with van der Waals surface area (Å²) in [4.78, 5) is 14.5. The number of amides is 1. The highest BCUT2D eigenvalue weighted by Gasteiger charge is 2.38. The van der Waals surface area contributed by atoms with Crippen molar-refractivity contribution in [1.29, 1.82) is 0 Å². The Labute approximate surface area is 122 Å². The van der Waals surface area contributed by atoms with Crippen molar-refractivity contribution in [2.24, 2.45) is 5.41 Å². The number of rotatable bonds is 4. The van der Waals surface area contributed by atoms with Crippen molar-refractivity contribution in [3.8, 4) is 0 Å². The third-order valence-corrected chi connectivity index (χ3v) is 3.88. The molecule has 2 rings (SSSR count). The lowest BCUT2D eigenvalue weighted by molar-refractivity contribution is -0.130. The van der Waals surface area contributed by atoms with Crippen LogP contribution in [0.4, 0.5) is 0 Å². The molecule has 1 amide bonds. The zero-order chi connectivity index (χ0) is 14.8. The fourth-order valence-corrected chi connectivity index (χ4v) is 2.58. The molecule has 0 aliphatic carbocycles. The minimum atomic E-state index is -0.0415. The summed E-state index contributed by atoms with van der Waals surface area (Å²) in [5.74, 6) is 0.241. The van der Waals surface area contributed by atoms with E-state index in [1.54, 1.807) is 0 Å². The number of hydrogen-bond donors (Lipinski definition) is 1.